The van der Waals surface area contributed by atoms with E-state index in [0.29, 0.717) is 26.2 Å². The zero-order valence-corrected chi connectivity index (χ0v) is 10.3. The third-order valence-electron chi connectivity index (χ3n) is 2.20. The normalized spacial score (nSPS) is 17.1. The Labute approximate surface area is 97.9 Å². The Balaban J connectivity index is 3.32. The van der Waals surface area contributed by atoms with Gasteiger partial charge in [0, 0.05) is 26.2 Å². The molecule has 5 heteroatoms. The predicted octanol–water partition coefficient (Wildman–Crippen LogP) is -0.932. The zero-order chi connectivity index (χ0) is 12.4. The standard InChI is InChI=1S/C11H26N2O3/c1-3-4-10(15)6-13-8-11(16)7-12-5-9(2)14/h9-16H,3-8H2,1-2H3. The van der Waals surface area contributed by atoms with Gasteiger partial charge in [-0.25, -0.2) is 0 Å². The largest absolute Gasteiger partial charge is 0.392 e. The van der Waals surface area contributed by atoms with Crippen molar-refractivity contribution in [3.05, 3.63) is 0 Å². The van der Waals surface area contributed by atoms with E-state index in [9.17, 15) is 10.2 Å². The van der Waals surface area contributed by atoms with E-state index >= 15 is 0 Å². The lowest BCUT2D eigenvalue weighted by atomic mass is 10.2. The van der Waals surface area contributed by atoms with Gasteiger partial charge in [0.25, 0.3) is 0 Å². The van der Waals surface area contributed by atoms with Crippen LogP contribution in [0.2, 0.25) is 0 Å². The van der Waals surface area contributed by atoms with Gasteiger partial charge in [-0.2, -0.15) is 0 Å². The summed E-state index contributed by atoms with van der Waals surface area (Å²) in [6, 6.07) is 0. The first-order valence-electron chi connectivity index (χ1n) is 6.01. The molecule has 0 saturated heterocycles. The van der Waals surface area contributed by atoms with Crippen molar-refractivity contribution in [2.45, 2.75) is 45.0 Å². The molecular formula is C11H26N2O3. The van der Waals surface area contributed by atoms with E-state index in [1.54, 1.807) is 6.92 Å². The lowest BCUT2D eigenvalue weighted by Crippen LogP contribution is -2.39. The molecule has 5 nitrogen and oxygen atoms in total. The quantitative estimate of drug-likeness (QED) is 0.337. The molecule has 5 N–H and O–H groups in total. The fourth-order valence-electron chi connectivity index (χ4n) is 1.38. The number of hydrogen-bond acceptors (Lipinski definition) is 5. The van der Waals surface area contributed by atoms with Crippen LogP contribution in [0.5, 0.6) is 0 Å². The van der Waals surface area contributed by atoms with E-state index in [-0.39, 0.29) is 6.10 Å². The highest BCUT2D eigenvalue weighted by Gasteiger charge is 2.06. The van der Waals surface area contributed by atoms with E-state index in [1.807, 2.05) is 6.92 Å². The third-order valence-corrected chi connectivity index (χ3v) is 2.20. The van der Waals surface area contributed by atoms with Crippen molar-refractivity contribution in [2.24, 2.45) is 0 Å². The molecule has 0 bridgehead atoms. The highest BCUT2D eigenvalue weighted by Crippen LogP contribution is 1.93. The van der Waals surface area contributed by atoms with Crippen LogP contribution in [0.1, 0.15) is 26.7 Å². The van der Waals surface area contributed by atoms with Gasteiger partial charge in [0.2, 0.25) is 0 Å². The van der Waals surface area contributed by atoms with Gasteiger partial charge in [-0.1, -0.05) is 13.3 Å². The van der Waals surface area contributed by atoms with Crippen LogP contribution < -0.4 is 10.6 Å². The van der Waals surface area contributed by atoms with E-state index in [4.69, 9.17) is 5.11 Å². The molecule has 3 atom stereocenters. The number of hydrogen-bond donors (Lipinski definition) is 5. The second-order valence-corrected chi connectivity index (χ2v) is 4.26. The minimum absolute atomic E-state index is 0.331. The summed E-state index contributed by atoms with van der Waals surface area (Å²) >= 11 is 0. The highest BCUT2D eigenvalue weighted by molar-refractivity contribution is 4.66. The maximum Gasteiger partial charge on any atom is 0.0788 e. The molecule has 0 fully saturated rings. The Morgan fingerprint density at radius 2 is 1.38 bits per heavy atom. The second-order valence-electron chi connectivity index (χ2n) is 4.26. The average Bonchev–Trinajstić information content (AvgIpc) is 2.17. The number of aliphatic hydroxyl groups is 3. The Kier molecular flexibility index (Phi) is 9.86. The minimum Gasteiger partial charge on any atom is -0.392 e. The van der Waals surface area contributed by atoms with E-state index in [1.165, 1.54) is 0 Å². The molecular weight excluding hydrogens is 208 g/mol. The molecule has 0 aliphatic heterocycles. The molecule has 16 heavy (non-hydrogen) atoms. The first-order chi connectivity index (χ1) is 7.56. The maximum absolute atomic E-state index is 9.52. The molecule has 0 spiro atoms. The Morgan fingerprint density at radius 1 is 0.875 bits per heavy atom. The first kappa shape index (κ1) is 15.8. The predicted molar refractivity (Wildman–Crippen MR) is 64.3 cm³/mol. The molecule has 3 unspecified atom stereocenters. The average molecular weight is 234 g/mol. The van der Waals surface area contributed by atoms with Gasteiger partial charge >= 0.3 is 0 Å². The molecule has 98 valence electrons. The minimum atomic E-state index is -0.493. The first-order valence-corrected chi connectivity index (χ1v) is 6.01. The molecule has 0 aromatic rings. The smallest absolute Gasteiger partial charge is 0.0788 e. The SMILES string of the molecule is CCCC(O)CNCC(O)CNCC(C)O. The van der Waals surface area contributed by atoms with Crippen molar-refractivity contribution in [3.8, 4) is 0 Å². The van der Waals surface area contributed by atoms with Gasteiger partial charge in [-0.05, 0) is 13.3 Å². The summed E-state index contributed by atoms with van der Waals surface area (Å²) in [5.41, 5.74) is 0. The summed E-state index contributed by atoms with van der Waals surface area (Å²) in [6.07, 6.45) is 0.520. The van der Waals surface area contributed by atoms with E-state index < -0.39 is 12.2 Å². The van der Waals surface area contributed by atoms with Crippen molar-refractivity contribution in [1.82, 2.24) is 10.6 Å². The third kappa shape index (κ3) is 10.3. The van der Waals surface area contributed by atoms with Crippen LogP contribution in [0, 0.1) is 0 Å². The van der Waals surface area contributed by atoms with Crippen LogP contribution in [0.3, 0.4) is 0 Å². The molecule has 0 radical (unpaired) electrons. The molecule has 0 saturated carbocycles. The van der Waals surface area contributed by atoms with Gasteiger partial charge < -0.3 is 26.0 Å². The van der Waals surface area contributed by atoms with Gasteiger partial charge in [0.1, 0.15) is 0 Å². The molecule has 0 aromatic heterocycles. The molecule has 0 aromatic carbocycles. The molecule has 0 aliphatic carbocycles. The summed E-state index contributed by atoms with van der Waals surface area (Å²) in [4.78, 5) is 0. The highest BCUT2D eigenvalue weighted by atomic mass is 16.3. The van der Waals surface area contributed by atoms with Crippen LogP contribution in [0.4, 0.5) is 0 Å². The molecule has 0 rings (SSSR count). The van der Waals surface area contributed by atoms with Crippen molar-refractivity contribution in [3.63, 3.8) is 0 Å². The summed E-state index contributed by atoms with van der Waals surface area (Å²) in [5, 5.41) is 33.9. The van der Waals surface area contributed by atoms with Crippen LogP contribution in [-0.4, -0.2) is 59.8 Å². The lowest BCUT2D eigenvalue weighted by Gasteiger charge is -2.15. The van der Waals surface area contributed by atoms with Crippen LogP contribution in [0.15, 0.2) is 0 Å². The maximum atomic E-state index is 9.52. The summed E-state index contributed by atoms with van der Waals surface area (Å²) in [7, 11) is 0. The fraction of sp³-hybridized carbons (Fsp3) is 1.00. The molecule has 0 amide bonds. The Morgan fingerprint density at radius 3 is 1.88 bits per heavy atom. The van der Waals surface area contributed by atoms with E-state index in [0.717, 1.165) is 12.8 Å². The fourth-order valence-corrected chi connectivity index (χ4v) is 1.38. The molecule has 0 aliphatic rings. The van der Waals surface area contributed by atoms with Gasteiger partial charge in [-0.15, -0.1) is 0 Å². The Hall–Kier alpha value is -0.200. The van der Waals surface area contributed by atoms with Crippen LogP contribution >= 0.6 is 0 Å². The zero-order valence-electron chi connectivity index (χ0n) is 10.3. The second kappa shape index (κ2) is 9.99. The topological polar surface area (TPSA) is 84.8 Å². The van der Waals surface area contributed by atoms with Gasteiger partial charge in [-0.3, -0.25) is 0 Å². The summed E-state index contributed by atoms with van der Waals surface area (Å²) in [6.45, 7) is 5.61. The Bertz CT molecular complexity index is 156. The van der Waals surface area contributed by atoms with Crippen molar-refractivity contribution in [1.29, 1.82) is 0 Å². The summed E-state index contributed by atoms with van der Waals surface area (Å²) < 4.78 is 0. The number of aliphatic hydroxyl groups excluding tert-OH is 3. The van der Waals surface area contributed by atoms with Gasteiger partial charge in [0.05, 0.1) is 18.3 Å². The van der Waals surface area contributed by atoms with Crippen molar-refractivity contribution < 1.29 is 15.3 Å². The number of rotatable bonds is 10. The van der Waals surface area contributed by atoms with Gasteiger partial charge in [0.15, 0.2) is 0 Å². The lowest BCUT2D eigenvalue weighted by molar-refractivity contribution is 0.133. The van der Waals surface area contributed by atoms with E-state index in [2.05, 4.69) is 10.6 Å². The van der Waals surface area contributed by atoms with Crippen molar-refractivity contribution >= 4 is 0 Å². The van der Waals surface area contributed by atoms with Crippen LogP contribution in [-0.2, 0) is 0 Å². The summed E-state index contributed by atoms with van der Waals surface area (Å²) in [5.74, 6) is 0. The number of nitrogens with one attached hydrogen (secondary N) is 2. The van der Waals surface area contributed by atoms with Crippen LogP contribution in [0.25, 0.3) is 0 Å². The van der Waals surface area contributed by atoms with Crippen molar-refractivity contribution in [2.75, 3.05) is 26.2 Å². The molecule has 0 heterocycles. The monoisotopic (exact) mass is 234 g/mol.